The van der Waals surface area contributed by atoms with Crippen molar-refractivity contribution >= 4 is 34.0 Å². The highest BCUT2D eigenvalue weighted by molar-refractivity contribution is 7.15. The fourth-order valence-electron chi connectivity index (χ4n) is 2.60. The van der Waals surface area contributed by atoms with Gasteiger partial charge in [0.05, 0.1) is 11.6 Å². The number of anilines is 2. The lowest BCUT2D eigenvalue weighted by Gasteiger charge is -2.09. The van der Waals surface area contributed by atoms with Crippen molar-refractivity contribution in [2.24, 2.45) is 0 Å². The van der Waals surface area contributed by atoms with Crippen molar-refractivity contribution in [3.63, 3.8) is 0 Å². The van der Waals surface area contributed by atoms with Crippen LogP contribution in [-0.2, 0) is 11.2 Å². The number of aryl methyl sites for hydroxylation is 1. The molecule has 6 nitrogen and oxygen atoms in total. The summed E-state index contributed by atoms with van der Waals surface area (Å²) in [7, 11) is 0. The molecule has 0 atom stereocenters. The van der Waals surface area contributed by atoms with Crippen LogP contribution in [-0.4, -0.2) is 16.8 Å². The van der Waals surface area contributed by atoms with Crippen molar-refractivity contribution in [1.29, 1.82) is 5.26 Å². The third-order valence-electron chi connectivity index (χ3n) is 4.05. The molecule has 0 saturated carbocycles. The van der Waals surface area contributed by atoms with Crippen LogP contribution in [0.15, 0.2) is 48.7 Å². The van der Waals surface area contributed by atoms with E-state index in [0.29, 0.717) is 28.4 Å². The average Bonchev–Trinajstić information content (AvgIpc) is 3.10. The van der Waals surface area contributed by atoms with E-state index in [4.69, 9.17) is 5.26 Å². The predicted octanol–water partition coefficient (Wildman–Crippen LogP) is 4.12. The van der Waals surface area contributed by atoms with E-state index in [9.17, 15) is 9.59 Å². The first-order valence-corrected chi connectivity index (χ1v) is 9.39. The molecule has 0 aliphatic heterocycles. The second kappa shape index (κ2) is 8.46. The smallest absolute Gasteiger partial charge is 0.257 e. The molecule has 0 fully saturated rings. The monoisotopic (exact) mass is 390 g/mol. The van der Waals surface area contributed by atoms with Gasteiger partial charge >= 0.3 is 0 Å². The fourth-order valence-corrected chi connectivity index (χ4v) is 3.44. The topological polar surface area (TPSA) is 94.9 Å². The zero-order valence-corrected chi connectivity index (χ0v) is 16.3. The summed E-state index contributed by atoms with van der Waals surface area (Å²) in [6.07, 6.45) is 2.41. The van der Waals surface area contributed by atoms with Gasteiger partial charge in [-0.2, -0.15) is 5.26 Å². The second-order valence-corrected chi connectivity index (χ2v) is 7.40. The average molecular weight is 390 g/mol. The first kappa shape index (κ1) is 19.3. The van der Waals surface area contributed by atoms with E-state index in [1.807, 2.05) is 19.1 Å². The summed E-state index contributed by atoms with van der Waals surface area (Å²) in [5, 5.41) is 14.9. The molecule has 140 valence electrons. The van der Waals surface area contributed by atoms with E-state index in [1.165, 1.54) is 18.3 Å². The number of hydrogen-bond acceptors (Lipinski definition) is 5. The van der Waals surface area contributed by atoms with E-state index < -0.39 is 0 Å². The summed E-state index contributed by atoms with van der Waals surface area (Å²) >= 11 is 1.40. The lowest BCUT2D eigenvalue weighted by Crippen LogP contribution is -2.13. The number of hydrogen-bond donors (Lipinski definition) is 2. The molecule has 2 aromatic carbocycles. The predicted molar refractivity (Wildman–Crippen MR) is 110 cm³/mol. The second-order valence-electron chi connectivity index (χ2n) is 6.28. The fraction of sp³-hybridized carbons (Fsp3) is 0.143. The minimum atomic E-state index is -0.286. The summed E-state index contributed by atoms with van der Waals surface area (Å²) in [6, 6.07) is 14.6. The Morgan fingerprint density at radius 1 is 1.14 bits per heavy atom. The maximum Gasteiger partial charge on any atom is 0.257 e. The van der Waals surface area contributed by atoms with Crippen LogP contribution in [0.2, 0.25) is 0 Å². The largest absolute Gasteiger partial charge is 0.326 e. The summed E-state index contributed by atoms with van der Waals surface area (Å²) in [5.74, 6) is -0.473. The van der Waals surface area contributed by atoms with Crippen LogP contribution < -0.4 is 10.6 Å². The quantitative estimate of drug-likeness (QED) is 0.685. The molecule has 0 unspecified atom stereocenters. The number of nitrogens with one attached hydrogen (secondary N) is 2. The van der Waals surface area contributed by atoms with Crippen molar-refractivity contribution in [2.75, 3.05) is 10.6 Å². The third-order valence-corrected chi connectivity index (χ3v) is 4.96. The maximum atomic E-state index is 12.5. The lowest BCUT2D eigenvalue weighted by molar-refractivity contribution is -0.114. The molecule has 3 rings (SSSR count). The summed E-state index contributed by atoms with van der Waals surface area (Å²) < 4.78 is 0. The first-order chi connectivity index (χ1) is 13.4. The minimum Gasteiger partial charge on any atom is -0.326 e. The van der Waals surface area contributed by atoms with Gasteiger partial charge in [-0.05, 0) is 42.3 Å². The molecule has 0 aliphatic rings. The van der Waals surface area contributed by atoms with Crippen molar-refractivity contribution in [1.82, 2.24) is 4.98 Å². The molecular weight excluding hydrogens is 372 g/mol. The van der Waals surface area contributed by atoms with Gasteiger partial charge in [0, 0.05) is 35.7 Å². The molecule has 7 heteroatoms. The SMILES string of the molecule is CC(=O)Nc1cc(C(=O)Nc2ncc(Cc3ccc(C#N)cc3)s2)ccc1C. The molecule has 1 heterocycles. The highest BCUT2D eigenvalue weighted by atomic mass is 32.1. The number of carbonyl (C=O) groups excluding carboxylic acids is 2. The van der Waals surface area contributed by atoms with Gasteiger partial charge in [-0.3, -0.25) is 14.9 Å². The van der Waals surface area contributed by atoms with E-state index in [0.717, 1.165) is 16.0 Å². The van der Waals surface area contributed by atoms with Gasteiger partial charge in [0.25, 0.3) is 5.91 Å². The highest BCUT2D eigenvalue weighted by Gasteiger charge is 2.12. The molecule has 0 aliphatic carbocycles. The van der Waals surface area contributed by atoms with Crippen LogP contribution in [0.25, 0.3) is 0 Å². The van der Waals surface area contributed by atoms with E-state index in [2.05, 4.69) is 21.7 Å². The van der Waals surface area contributed by atoms with Crippen LogP contribution in [0.1, 0.15) is 38.8 Å². The molecule has 28 heavy (non-hydrogen) atoms. The Morgan fingerprint density at radius 2 is 1.89 bits per heavy atom. The number of amides is 2. The maximum absolute atomic E-state index is 12.5. The van der Waals surface area contributed by atoms with Crippen LogP contribution in [0.5, 0.6) is 0 Å². The molecule has 2 amide bonds. The molecule has 0 saturated heterocycles. The number of aromatic nitrogens is 1. The number of carbonyl (C=O) groups is 2. The highest BCUT2D eigenvalue weighted by Crippen LogP contribution is 2.23. The van der Waals surface area contributed by atoms with Crippen LogP contribution in [0.4, 0.5) is 10.8 Å². The van der Waals surface area contributed by atoms with E-state index in [-0.39, 0.29) is 11.8 Å². The number of nitriles is 1. The van der Waals surface area contributed by atoms with Gasteiger partial charge in [0.1, 0.15) is 0 Å². The number of thiazole rings is 1. The summed E-state index contributed by atoms with van der Waals surface area (Å²) in [6.45, 7) is 3.29. The Hall–Kier alpha value is -3.50. The number of benzene rings is 2. The Morgan fingerprint density at radius 3 is 2.57 bits per heavy atom. The molecule has 2 N–H and O–H groups in total. The Balaban J connectivity index is 1.68. The van der Waals surface area contributed by atoms with Gasteiger partial charge < -0.3 is 5.32 Å². The number of nitrogens with zero attached hydrogens (tertiary/aromatic N) is 2. The minimum absolute atomic E-state index is 0.187. The van der Waals surface area contributed by atoms with Gasteiger partial charge in [-0.15, -0.1) is 11.3 Å². The molecule has 0 radical (unpaired) electrons. The molecule has 0 bridgehead atoms. The van der Waals surface area contributed by atoms with Gasteiger partial charge in [0.2, 0.25) is 5.91 Å². The Kier molecular flexibility index (Phi) is 5.82. The van der Waals surface area contributed by atoms with Crippen molar-refractivity contribution in [2.45, 2.75) is 20.3 Å². The molecule has 3 aromatic rings. The summed E-state index contributed by atoms with van der Waals surface area (Å²) in [5.41, 5.74) is 3.63. The van der Waals surface area contributed by atoms with Crippen LogP contribution in [0.3, 0.4) is 0 Å². The summed E-state index contributed by atoms with van der Waals surface area (Å²) in [4.78, 5) is 29.1. The zero-order chi connectivity index (χ0) is 20.1. The van der Waals surface area contributed by atoms with Crippen LogP contribution >= 0.6 is 11.3 Å². The van der Waals surface area contributed by atoms with Gasteiger partial charge in [-0.1, -0.05) is 18.2 Å². The van der Waals surface area contributed by atoms with Crippen molar-refractivity contribution < 1.29 is 9.59 Å². The van der Waals surface area contributed by atoms with E-state index >= 15 is 0 Å². The Bertz CT molecular complexity index is 1060. The number of rotatable bonds is 5. The standard InChI is InChI=1S/C21H18N4O2S/c1-13-3-8-17(10-19(13)24-14(2)26)20(27)25-21-23-12-18(28-21)9-15-4-6-16(11-22)7-5-15/h3-8,10,12H,9H2,1-2H3,(H,24,26)(H,23,25,27). The normalized spacial score (nSPS) is 10.2. The Labute approximate surface area is 166 Å². The third kappa shape index (κ3) is 4.81. The molecule has 1 aromatic heterocycles. The molecular formula is C21H18N4O2S. The van der Waals surface area contributed by atoms with E-state index in [1.54, 1.807) is 36.5 Å². The molecule has 0 spiro atoms. The van der Waals surface area contributed by atoms with Gasteiger partial charge in [-0.25, -0.2) is 4.98 Å². The van der Waals surface area contributed by atoms with Crippen molar-refractivity contribution in [3.05, 3.63) is 75.8 Å². The first-order valence-electron chi connectivity index (χ1n) is 8.58. The van der Waals surface area contributed by atoms with Crippen molar-refractivity contribution in [3.8, 4) is 6.07 Å². The van der Waals surface area contributed by atoms with Crippen LogP contribution in [0, 0.1) is 18.3 Å². The van der Waals surface area contributed by atoms with Gasteiger partial charge in [0.15, 0.2) is 5.13 Å². The zero-order valence-electron chi connectivity index (χ0n) is 15.4. The lowest BCUT2D eigenvalue weighted by atomic mass is 10.1.